The Labute approximate surface area is 126 Å². The molecule has 0 saturated carbocycles. The molecule has 0 aromatic carbocycles. The van der Waals surface area contributed by atoms with Crippen LogP contribution in [-0.4, -0.2) is 24.9 Å². The molecule has 0 aliphatic rings. The molecule has 3 N–H and O–H groups in total. The van der Waals surface area contributed by atoms with Crippen LogP contribution in [0.5, 0.6) is 0 Å². The fraction of sp³-hybridized carbons (Fsp3) is 0.250. The van der Waals surface area contributed by atoms with E-state index in [4.69, 9.17) is 0 Å². The maximum atomic E-state index is 12.2. The second kappa shape index (κ2) is 6.38. The van der Waals surface area contributed by atoms with Crippen molar-refractivity contribution in [2.45, 2.75) is 18.4 Å². The van der Waals surface area contributed by atoms with Gasteiger partial charge in [0.1, 0.15) is 4.90 Å². The topological polar surface area (TPSA) is 86.9 Å². The smallest absolute Gasteiger partial charge is 0.264 e. The van der Waals surface area contributed by atoms with Gasteiger partial charge in [-0.25, -0.2) is 13.4 Å². The lowest BCUT2D eigenvalue weighted by Gasteiger charge is -2.06. The molecule has 0 saturated heterocycles. The van der Waals surface area contributed by atoms with Crippen molar-refractivity contribution in [2.24, 2.45) is 0 Å². The zero-order valence-electron chi connectivity index (χ0n) is 10.9. The summed E-state index contributed by atoms with van der Waals surface area (Å²) in [6.07, 6.45) is 2.99. The van der Waals surface area contributed by atoms with Crippen LogP contribution in [-0.2, 0) is 16.6 Å². The molecule has 0 radical (unpaired) electrons. The number of aromatic nitrogens is 2. The summed E-state index contributed by atoms with van der Waals surface area (Å²) >= 11 is 3.25. The molecule has 2 aromatic rings. The SMILES string of the molecule is CCNCc1cc(S(=O)(=O)Nc2ncccc2Br)c[nH]1. The van der Waals surface area contributed by atoms with Crippen LogP contribution >= 0.6 is 15.9 Å². The molecule has 0 fully saturated rings. The molecule has 8 heteroatoms. The van der Waals surface area contributed by atoms with Crippen LogP contribution in [0.3, 0.4) is 0 Å². The van der Waals surface area contributed by atoms with Crippen LogP contribution in [0.4, 0.5) is 5.82 Å². The third kappa shape index (κ3) is 3.59. The average Bonchev–Trinajstić information content (AvgIpc) is 2.88. The first kappa shape index (κ1) is 15.0. The Morgan fingerprint density at radius 1 is 1.45 bits per heavy atom. The van der Waals surface area contributed by atoms with E-state index in [1.807, 2.05) is 6.92 Å². The van der Waals surface area contributed by atoms with Crippen molar-refractivity contribution < 1.29 is 8.42 Å². The second-order valence-electron chi connectivity index (χ2n) is 4.08. The van der Waals surface area contributed by atoms with Crippen molar-refractivity contribution in [1.29, 1.82) is 0 Å². The molecule has 2 heterocycles. The van der Waals surface area contributed by atoms with Crippen molar-refractivity contribution in [2.75, 3.05) is 11.3 Å². The van der Waals surface area contributed by atoms with Gasteiger partial charge in [-0.15, -0.1) is 0 Å². The van der Waals surface area contributed by atoms with Crippen LogP contribution in [0.1, 0.15) is 12.6 Å². The Kier molecular flexibility index (Phi) is 4.79. The number of aromatic amines is 1. The Morgan fingerprint density at radius 2 is 2.25 bits per heavy atom. The minimum absolute atomic E-state index is 0.183. The lowest BCUT2D eigenvalue weighted by Crippen LogP contribution is -2.14. The van der Waals surface area contributed by atoms with E-state index in [0.29, 0.717) is 11.0 Å². The van der Waals surface area contributed by atoms with Crippen molar-refractivity contribution in [3.05, 3.63) is 40.8 Å². The standard InChI is InChI=1S/C12H15BrN4O2S/c1-2-14-7-9-6-10(8-16-9)20(18,19)17-12-11(13)4-3-5-15-12/h3-6,8,14,16H,2,7H2,1H3,(H,15,17). The van der Waals surface area contributed by atoms with Crippen molar-refractivity contribution in [3.63, 3.8) is 0 Å². The van der Waals surface area contributed by atoms with Crippen LogP contribution in [0.25, 0.3) is 0 Å². The van der Waals surface area contributed by atoms with Gasteiger partial charge < -0.3 is 10.3 Å². The number of halogens is 1. The van der Waals surface area contributed by atoms with Crippen molar-refractivity contribution >= 4 is 31.8 Å². The minimum atomic E-state index is -3.64. The van der Waals surface area contributed by atoms with E-state index in [9.17, 15) is 8.42 Å². The average molecular weight is 359 g/mol. The summed E-state index contributed by atoms with van der Waals surface area (Å²) in [6, 6.07) is 5.03. The Morgan fingerprint density at radius 3 is 2.95 bits per heavy atom. The Hall–Kier alpha value is -1.38. The van der Waals surface area contributed by atoms with Crippen molar-refractivity contribution in [1.82, 2.24) is 15.3 Å². The van der Waals surface area contributed by atoms with Gasteiger partial charge in [0.05, 0.1) is 4.47 Å². The monoisotopic (exact) mass is 358 g/mol. The van der Waals surface area contributed by atoms with Gasteiger partial charge >= 0.3 is 0 Å². The molecule has 2 rings (SSSR count). The second-order valence-corrected chi connectivity index (χ2v) is 6.62. The first-order valence-electron chi connectivity index (χ1n) is 6.04. The van der Waals surface area contributed by atoms with E-state index in [1.54, 1.807) is 18.2 Å². The third-order valence-electron chi connectivity index (χ3n) is 2.58. The van der Waals surface area contributed by atoms with Crippen LogP contribution in [0.2, 0.25) is 0 Å². The third-order valence-corrected chi connectivity index (χ3v) is 4.54. The van der Waals surface area contributed by atoms with E-state index >= 15 is 0 Å². The number of H-pyrrole nitrogens is 1. The molecule has 0 atom stereocenters. The summed E-state index contributed by atoms with van der Waals surface area (Å²) in [5.74, 6) is 0.266. The number of anilines is 1. The molecular formula is C12H15BrN4O2S. The normalized spacial score (nSPS) is 11.5. The molecule has 2 aromatic heterocycles. The first-order chi connectivity index (χ1) is 9.53. The molecule has 6 nitrogen and oxygen atoms in total. The number of rotatable bonds is 6. The van der Waals surface area contributed by atoms with E-state index in [2.05, 4.69) is 35.9 Å². The quantitative estimate of drug-likeness (QED) is 0.737. The zero-order chi connectivity index (χ0) is 14.6. The van der Waals surface area contributed by atoms with Gasteiger partial charge in [-0.2, -0.15) is 0 Å². The molecule has 108 valence electrons. The summed E-state index contributed by atoms with van der Waals surface area (Å²) in [5.41, 5.74) is 0.812. The van der Waals surface area contributed by atoms with Gasteiger partial charge in [0, 0.05) is 24.6 Å². The molecule has 0 unspecified atom stereocenters. The van der Waals surface area contributed by atoms with E-state index < -0.39 is 10.0 Å². The minimum Gasteiger partial charge on any atom is -0.363 e. The van der Waals surface area contributed by atoms with E-state index in [-0.39, 0.29) is 10.7 Å². The highest BCUT2D eigenvalue weighted by Gasteiger charge is 2.17. The largest absolute Gasteiger partial charge is 0.363 e. The summed E-state index contributed by atoms with van der Waals surface area (Å²) in [7, 11) is -3.64. The van der Waals surface area contributed by atoms with Gasteiger partial charge in [0.25, 0.3) is 10.0 Å². The van der Waals surface area contributed by atoms with E-state index in [1.165, 1.54) is 12.4 Å². The Balaban J connectivity index is 2.18. The maximum absolute atomic E-state index is 12.2. The van der Waals surface area contributed by atoms with Crippen LogP contribution < -0.4 is 10.0 Å². The van der Waals surface area contributed by atoms with Crippen LogP contribution in [0, 0.1) is 0 Å². The maximum Gasteiger partial charge on any atom is 0.264 e. The van der Waals surface area contributed by atoms with Gasteiger partial charge in [0.2, 0.25) is 0 Å². The fourth-order valence-corrected chi connectivity index (χ4v) is 3.11. The summed E-state index contributed by atoms with van der Waals surface area (Å²) in [4.78, 5) is 7.10. The van der Waals surface area contributed by atoms with Gasteiger partial charge in [0.15, 0.2) is 5.82 Å². The fourth-order valence-electron chi connectivity index (χ4n) is 1.58. The zero-order valence-corrected chi connectivity index (χ0v) is 13.3. The molecule has 0 aliphatic heterocycles. The summed E-state index contributed by atoms with van der Waals surface area (Å²) in [6.45, 7) is 3.40. The molecule has 0 spiro atoms. The first-order valence-corrected chi connectivity index (χ1v) is 8.32. The van der Waals surface area contributed by atoms with Gasteiger partial charge in [-0.1, -0.05) is 6.92 Å². The number of pyridine rings is 1. The summed E-state index contributed by atoms with van der Waals surface area (Å²) < 4.78 is 27.5. The highest BCUT2D eigenvalue weighted by atomic mass is 79.9. The Bertz CT molecular complexity index is 684. The number of hydrogen-bond donors (Lipinski definition) is 3. The highest BCUT2D eigenvalue weighted by molar-refractivity contribution is 9.10. The van der Waals surface area contributed by atoms with E-state index in [0.717, 1.165) is 12.2 Å². The predicted molar refractivity (Wildman–Crippen MR) is 80.9 cm³/mol. The number of hydrogen-bond acceptors (Lipinski definition) is 4. The predicted octanol–water partition coefficient (Wildman–Crippen LogP) is 2.08. The van der Waals surface area contributed by atoms with Crippen LogP contribution in [0.15, 0.2) is 40.0 Å². The molecule has 0 amide bonds. The number of nitrogens with one attached hydrogen (secondary N) is 3. The molecule has 0 aliphatic carbocycles. The van der Waals surface area contributed by atoms with Crippen molar-refractivity contribution in [3.8, 4) is 0 Å². The lowest BCUT2D eigenvalue weighted by molar-refractivity contribution is 0.601. The lowest BCUT2D eigenvalue weighted by atomic mass is 10.4. The number of nitrogens with zero attached hydrogens (tertiary/aromatic N) is 1. The highest BCUT2D eigenvalue weighted by Crippen LogP contribution is 2.22. The number of sulfonamides is 1. The van der Waals surface area contributed by atoms with Gasteiger partial charge in [-0.3, -0.25) is 4.72 Å². The molecular weight excluding hydrogens is 344 g/mol. The molecule has 0 bridgehead atoms. The van der Waals surface area contributed by atoms with Gasteiger partial charge in [-0.05, 0) is 40.7 Å². The summed E-state index contributed by atoms with van der Waals surface area (Å²) in [5, 5.41) is 3.12. The molecule has 20 heavy (non-hydrogen) atoms.